The van der Waals surface area contributed by atoms with E-state index in [1.165, 1.54) is 0 Å². The topological polar surface area (TPSA) is 52.6 Å². The minimum atomic E-state index is -1.38. The van der Waals surface area contributed by atoms with Gasteiger partial charge in [-0.05, 0) is 45.5 Å². The molecule has 1 atom stereocenters. The van der Waals surface area contributed by atoms with E-state index in [1.807, 2.05) is 45.1 Å². The van der Waals surface area contributed by atoms with Crippen LogP contribution in [0, 0.1) is 32.5 Å². The van der Waals surface area contributed by atoms with Crippen molar-refractivity contribution in [1.29, 1.82) is 0 Å². The SMILES string of the molecule is CC(C)(C)C1=CC(OOC2(C(C)(C)C)C=C(C(C)(C)C)C(=O)C(C(C)(C)C)=C2)(C(C)(C)C)C(=O)C(C(C)(C)C)=C1. The molecule has 0 aliphatic heterocycles. The lowest BCUT2D eigenvalue weighted by Crippen LogP contribution is -2.57. The molecule has 0 aromatic rings. The van der Waals surface area contributed by atoms with E-state index >= 15 is 0 Å². The van der Waals surface area contributed by atoms with Crippen molar-refractivity contribution >= 4 is 11.6 Å². The maximum absolute atomic E-state index is 14.5. The Hall–Kier alpha value is -1.78. The standard InChI is InChI=1S/C36H58O4/c1-29(2,3)23-19-24(30(4,5)6)28(38)36(20-23,34(16,17)18)40-39-35(33(13,14)15)21-25(31(7,8)9)27(37)26(22-35)32(10,11)12/h19-22H,1-18H3. The monoisotopic (exact) mass is 554 g/mol. The normalized spacial score (nSPS) is 23.4. The zero-order chi connectivity index (χ0) is 31.7. The van der Waals surface area contributed by atoms with Crippen molar-refractivity contribution in [3.8, 4) is 0 Å². The molecular weight excluding hydrogens is 496 g/mol. The number of carbonyl (C=O) groups is 2. The van der Waals surface area contributed by atoms with E-state index in [0.717, 1.165) is 11.1 Å². The van der Waals surface area contributed by atoms with Crippen LogP contribution >= 0.6 is 0 Å². The van der Waals surface area contributed by atoms with Crippen LogP contribution in [-0.2, 0) is 19.4 Å². The highest BCUT2D eigenvalue weighted by Crippen LogP contribution is 2.52. The average Bonchev–Trinajstić information content (AvgIpc) is 2.68. The van der Waals surface area contributed by atoms with Gasteiger partial charge in [-0.15, -0.1) is 0 Å². The minimum Gasteiger partial charge on any atom is -0.291 e. The van der Waals surface area contributed by atoms with Crippen LogP contribution < -0.4 is 0 Å². The summed E-state index contributed by atoms with van der Waals surface area (Å²) in [5.74, 6) is -0.0490. The van der Waals surface area contributed by atoms with Gasteiger partial charge in [-0.2, -0.15) is 0 Å². The first-order valence-corrected chi connectivity index (χ1v) is 14.8. The molecule has 226 valence electrons. The molecule has 2 aliphatic carbocycles. The third kappa shape index (κ3) is 6.33. The number of hydrogen-bond acceptors (Lipinski definition) is 4. The van der Waals surface area contributed by atoms with Gasteiger partial charge in [0.25, 0.3) is 0 Å². The van der Waals surface area contributed by atoms with Gasteiger partial charge in [-0.3, -0.25) is 9.59 Å². The van der Waals surface area contributed by atoms with Gasteiger partial charge in [-0.1, -0.05) is 131 Å². The maximum Gasteiger partial charge on any atom is 0.199 e. The first-order valence-electron chi connectivity index (χ1n) is 14.8. The van der Waals surface area contributed by atoms with Gasteiger partial charge in [0.2, 0.25) is 0 Å². The second-order valence-corrected chi connectivity index (χ2v) is 18.1. The quantitative estimate of drug-likeness (QED) is 0.257. The Morgan fingerprint density at radius 3 is 1.20 bits per heavy atom. The van der Waals surface area contributed by atoms with Gasteiger partial charge in [-0.25, -0.2) is 9.78 Å². The summed E-state index contributed by atoms with van der Waals surface area (Å²) in [7, 11) is 0. The number of ketones is 2. The highest BCUT2D eigenvalue weighted by Gasteiger charge is 2.57. The van der Waals surface area contributed by atoms with Crippen LogP contribution in [0.3, 0.4) is 0 Å². The number of allylic oxidation sites excluding steroid dienone is 4. The van der Waals surface area contributed by atoms with Crippen molar-refractivity contribution < 1.29 is 19.4 Å². The van der Waals surface area contributed by atoms with E-state index in [9.17, 15) is 9.59 Å². The fourth-order valence-corrected chi connectivity index (χ4v) is 5.08. The van der Waals surface area contributed by atoms with Crippen LogP contribution in [0.25, 0.3) is 0 Å². The van der Waals surface area contributed by atoms with Gasteiger partial charge in [0.05, 0.1) is 0 Å². The lowest BCUT2D eigenvalue weighted by Gasteiger charge is -2.49. The third-order valence-electron chi connectivity index (χ3n) is 8.33. The first-order chi connectivity index (χ1) is 17.4. The van der Waals surface area contributed by atoms with Crippen molar-refractivity contribution in [2.24, 2.45) is 32.5 Å². The highest BCUT2D eigenvalue weighted by atomic mass is 17.2. The largest absolute Gasteiger partial charge is 0.291 e. The summed E-state index contributed by atoms with van der Waals surface area (Å²) < 4.78 is 0. The van der Waals surface area contributed by atoms with Crippen LogP contribution in [0.4, 0.5) is 0 Å². The molecule has 0 spiro atoms. The van der Waals surface area contributed by atoms with Crippen molar-refractivity contribution in [2.75, 3.05) is 0 Å². The minimum absolute atomic E-state index is 0.0376. The lowest BCUT2D eigenvalue weighted by atomic mass is 9.63. The van der Waals surface area contributed by atoms with Gasteiger partial charge >= 0.3 is 0 Å². The number of carbonyl (C=O) groups excluding carboxylic acids is 2. The van der Waals surface area contributed by atoms with Crippen LogP contribution in [-0.4, -0.2) is 22.8 Å². The van der Waals surface area contributed by atoms with Gasteiger partial charge < -0.3 is 0 Å². The Morgan fingerprint density at radius 1 is 0.500 bits per heavy atom. The van der Waals surface area contributed by atoms with E-state index in [0.29, 0.717) is 11.1 Å². The number of Topliss-reactive ketones (excluding diaryl/α,β-unsaturated/α-hetero) is 2. The fraction of sp³-hybridized carbons (Fsp3) is 0.722. The van der Waals surface area contributed by atoms with Gasteiger partial charge in [0.1, 0.15) is 5.60 Å². The molecule has 0 amide bonds. The number of hydrogen-bond donors (Lipinski definition) is 0. The lowest BCUT2D eigenvalue weighted by molar-refractivity contribution is -0.402. The molecule has 0 N–H and O–H groups in total. The molecule has 0 saturated carbocycles. The number of rotatable bonds is 3. The summed E-state index contributed by atoms with van der Waals surface area (Å²) in [6, 6.07) is 0. The summed E-state index contributed by atoms with van der Waals surface area (Å²) >= 11 is 0. The molecule has 4 nitrogen and oxygen atoms in total. The van der Waals surface area contributed by atoms with Crippen molar-refractivity contribution in [2.45, 2.75) is 136 Å². The van der Waals surface area contributed by atoms with Crippen LogP contribution in [0.1, 0.15) is 125 Å². The summed E-state index contributed by atoms with van der Waals surface area (Å²) in [6.07, 6.45) is 7.92. The molecule has 40 heavy (non-hydrogen) atoms. The zero-order valence-corrected chi connectivity index (χ0v) is 28.9. The zero-order valence-electron chi connectivity index (χ0n) is 28.9. The molecule has 0 radical (unpaired) electrons. The van der Waals surface area contributed by atoms with E-state index in [2.05, 4.69) is 104 Å². The van der Waals surface area contributed by atoms with E-state index in [-0.39, 0.29) is 22.4 Å². The van der Waals surface area contributed by atoms with Crippen molar-refractivity contribution in [3.63, 3.8) is 0 Å². The highest BCUT2D eigenvalue weighted by molar-refractivity contribution is 6.11. The molecule has 0 fully saturated rings. The summed E-state index contributed by atoms with van der Waals surface area (Å²) in [4.78, 5) is 41.7. The Labute approximate surface area is 245 Å². The molecule has 1 unspecified atom stereocenters. The average molecular weight is 555 g/mol. The summed E-state index contributed by atoms with van der Waals surface area (Å²) in [5, 5.41) is 0. The summed E-state index contributed by atoms with van der Waals surface area (Å²) in [6.45, 7) is 37.3. The Balaban J connectivity index is 2.92. The van der Waals surface area contributed by atoms with Gasteiger partial charge in [0, 0.05) is 27.5 Å². The molecule has 4 heteroatoms. The predicted molar refractivity (Wildman–Crippen MR) is 167 cm³/mol. The van der Waals surface area contributed by atoms with Crippen LogP contribution in [0.5, 0.6) is 0 Å². The molecule has 0 aromatic carbocycles. The Bertz CT molecular complexity index is 1130. The van der Waals surface area contributed by atoms with E-state index in [1.54, 1.807) is 0 Å². The molecule has 0 saturated heterocycles. The molecule has 2 aliphatic rings. The van der Waals surface area contributed by atoms with Crippen molar-refractivity contribution in [1.82, 2.24) is 0 Å². The van der Waals surface area contributed by atoms with Crippen molar-refractivity contribution in [3.05, 3.63) is 46.6 Å². The molecule has 0 heterocycles. The second kappa shape index (κ2) is 9.90. The van der Waals surface area contributed by atoms with Crippen LogP contribution in [0.15, 0.2) is 46.6 Å². The molecule has 0 aromatic heterocycles. The Morgan fingerprint density at radius 2 is 0.900 bits per heavy atom. The van der Waals surface area contributed by atoms with Crippen LogP contribution in [0.2, 0.25) is 0 Å². The predicted octanol–water partition coefficient (Wildman–Crippen LogP) is 9.56. The maximum atomic E-state index is 14.5. The first kappa shape index (κ1) is 34.4. The smallest absolute Gasteiger partial charge is 0.199 e. The molecule has 2 rings (SSSR count). The third-order valence-corrected chi connectivity index (χ3v) is 8.33. The molecule has 0 bridgehead atoms. The van der Waals surface area contributed by atoms with Gasteiger partial charge in [0.15, 0.2) is 17.2 Å². The second-order valence-electron chi connectivity index (χ2n) is 18.1. The molecular formula is C36H58O4. The summed E-state index contributed by atoms with van der Waals surface area (Å²) in [5.41, 5.74) is -1.89. The van der Waals surface area contributed by atoms with E-state index in [4.69, 9.17) is 9.78 Å². The Kier molecular flexibility index (Phi) is 8.52. The fourth-order valence-electron chi connectivity index (χ4n) is 5.08. The van der Waals surface area contributed by atoms with E-state index < -0.39 is 32.9 Å².